The zero-order chi connectivity index (χ0) is 15.6. The average Bonchev–Trinajstić information content (AvgIpc) is 2.43. The van der Waals surface area contributed by atoms with Crippen LogP contribution in [0.4, 0.5) is 27.6 Å². The topological polar surface area (TPSA) is 32.3 Å². The summed E-state index contributed by atoms with van der Waals surface area (Å²) in [5.41, 5.74) is -1.10. The molecule has 0 saturated heterocycles. The Morgan fingerprint density at radius 3 is 2.33 bits per heavy atom. The second-order valence-electron chi connectivity index (χ2n) is 4.27. The van der Waals surface area contributed by atoms with Crippen molar-refractivity contribution in [3.05, 3.63) is 59.2 Å². The minimum Gasteiger partial charge on any atom is -0.503 e. The normalized spacial score (nSPS) is 11.5. The van der Waals surface area contributed by atoms with Crippen LogP contribution in [0.5, 0.6) is 5.75 Å². The summed E-state index contributed by atoms with van der Waals surface area (Å²) in [7, 11) is 0. The molecular weight excluding hydrogens is 293 g/mol. The summed E-state index contributed by atoms with van der Waals surface area (Å²) in [4.78, 5) is 0. The standard InChI is InChI=1S/C14H10F5NO/c15-10-5-6-11(13(21)12(10)16)20-7-8-3-1-2-4-9(8)14(17,18)19/h1-6,20-21H,7H2. The van der Waals surface area contributed by atoms with Gasteiger partial charge in [-0.1, -0.05) is 18.2 Å². The highest BCUT2D eigenvalue weighted by Crippen LogP contribution is 2.33. The van der Waals surface area contributed by atoms with E-state index in [0.29, 0.717) is 0 Å². The van der Waals surface area contributed by atoms with Crippen LogP contribution in [0, 0.1) is 11.6 Å². The number of hydrogen-bond donors (Lipinski definition) is 2. The van der Waals surface area contributed by atoms with Crippen LogP contribution in [0.2, 0.25) is 0 Å². The van der Waals surface area contributed by atoms with E-state index in [-0.39, 0.29) is 17.8 Å². The molecule has 2 rings (SSSR count). The van der Waals surface area contributed by atoms with Crippen LogP contribution >= 0.6 is 0 Å². The Bertz CT molecular complexity index is 654. The largest absolute Gasteiger partial charge is 0.503 e. The highest BCUT2D eigenvalue weighted by atomic mass is 19.4. The zero-order valence-corrected chi connectivity index (χ0v) is 10.5. The summed E-state index contributed by atoms with van der Waals surface area (Å²) in [6, 6.07) is 6.67. The first-order valence-corrected chi connectivity index (χ1v) is 5.86. The van der Waals surface area contributed by atoms with Gasteiger partial charge in [-0.15, -0.1) is 0 Å². The lowest BCUT2D eigenvalue weighted by molar-refractivity contribution is -0.138. The number of phenols is 1. The first kappa shape index (κ1) is 15.1. The van der Waals surface area contributed by atoms with Gasteiger partial charge in [-0.05, 0) is 23.8 Å². The first-order valence-electron chi connectivity index (χ1n) is 5.86. The number of alkyl halides is 3. The summed E-state index contributed by atoms with van der Waals surface area (Å²) >= 11 is 0. The molecule has 0 heterocycles. The van der Waals surface area contributed by atoms with Crippen molar-refractivity contribution in [2.45, 2.75) is 12.7 Å². The van der Waals surface area contributed by atoms with Crippen LogP contribution < -0.4 is 5.32 Å². The Hall–Kier alpha value is -2.31. The van der Waals surface area contributed by atoms with E-state index in [4.69, 9.17) is 0 Å². The average molecular weight is 303 g/mol. The molecule has 0 atom stereocenters. The molecule has 2 aromatic carbocycles. The lowest BCUT2D eigenvalue weighted by Crippen LogP contribution is -2.11. The summed E-state index contributed by atoms with van der Waals surface area (Å²) in [6.45, 7) is -0.297. The zero-order valence-electron chi connectivity index (χ0n) is 10.5. The van der Waals surface area contributed by atoms with Gasteiger partial charge in [0, 0.05) is 6.54 Å². The minimum absolute atomic E-state index is 0.0749. The number of hydrogen-bond acceptors (Lipinski definition) is 2. The van der Waals surface area contributed by atoms with Gasteiger partial charge in [0.2, 0.25) is 5.82 Å². The molecule has 0 fully saturated rings. The van der Waals surface area contributed by atoms with Gasteiger partial charge >= 0.3 is 6.18 Å². The Balaban J connectivity index is 2.24. The Kier molecular flexibility index (Phi) is 4.02. The van der Waals surface area contributed by atoms with Gasteiger partial charge in [0.15, 0.2) is 11.6 Å². The Labute approximate surface area is 116 Å². The summed E-state index contributed by atoms with van der Waals surface area (Å²) < 4.78 is 64.3. The molecule has 0 spiro atoms. The Morgan fingerprint density at radius 1 is 1.00 bits per heavy atom. The summed E-state index contributed by atoms with van der Waals surface area (Å²) in [6.07, 6.45) is -4.52. The maximum Gasteiger partial charge on any atom is 0.416 e. The third-order valence-corrected chi connectivity index (χ3v) is 2.86. The van der Waals surface area contributed by atoms with E-state index in [1.54, 1.807) is 0 Å². The van der Waals surface area contributed by atoms with Gasteiger partial charge in [-0.3, -0.25) is 0 Å². The number of aromatic hydroxyl groups is 1. The van der Waals surface area contributed by atoms with Crippen LogP contribution in [-0.4, -0.2) is 5.11 Å². The van der Waals surface area contributed by atoms with Crippen molar-refractivity contribution < 1.29 is 27.1 Å². The number of anilines is 1. The molecule has 0 unspecified atom stereocenters. The fourth-order valence-electron chi connectivity index (χ4n) is 1.82. The quantitative estimate of drug-likeness (QED) is 0.654. The third-order valence-electron chi connectivity index (χ3n) is 2.86. The van der Waals surface area contributed by atoms with E-state index in [2.05, 4.69) is 5.32 Å². The van der Waals surface area contributed by atoms with Gasteiger partial charge in [0.05, 0.1) is 11.3 Å². The molecule has 0 amide bonds. The lowest BCUT2D eigenvalue weighted by Gasteiger charge is -2.14. The number of rotatable bonds is 3. The summed E-state index contributed by atoms with van der Waals surface area (Å²) in [5, 5.41) is 11.8. The number of phenolic OH excluding ortho intramolecular Hbond substituents is 1. The van der Waals surface area contributed by atoms with Crippen molar-refractivity contribution in [3.8, 4) is 5.75 Å². The second-order valence-corrected chi connectivity index (χ2v) is 4.27. The summed E-state index contributed by atoms with van der Waals surface area (Å²) in [5.74, 6) is -3.67. The lowest BCUT2D eigenvalue weighted by atomic mass is 10.1. The maximum absolute atomic E-state index is 13.1. The number of nitrogens with one attached hydrogen (secondary N) is 1. The van der Waals surface area contributed by atoms with Gasteiger partial charge in [0.1, 0.15) is 0 Å². The van der Waals surface area contributed by atoms with Crippen molar-refractivity contribution in [1.82, 2.24) is 0 Å². The van der Waals surface area contributed by atoms with Crippen molar-refractivity contribution >= 4 is 5.69 Å². The molecule has 21 heavy (non-hydrogen) atoms. The first-order chi connectivity index (χ1) is 9.80. The van der Waals surface area contributed by atoms with E-state index in [1.807, 2.05) is 0 Å². The minimum atomic E-state index is -4.52. The molecule has 0 aromatic heterocycles. The van der Waals surface area contributed by atoms with Crippen LogP contribution in [0.15, 0.2) is 36.4 Å². The predicted molar refractivity (Wildman–Crippen MR) is 66.8 cm³/mol. The van der Waals surface area contributed by atoms with Gasteiger partial charge in [-0.25, -0.2) is 4.39 Å². The molecular formula is C14H10F5NO. The fraction of sp³-hybridized carbons (Fsp3) is 0.143. The van der Waals surface area contributed by atoms with Crippen LogP contribution in [-0.2, 0) is 12.7 Å². The molecule has 0 aliphatic heterocycles. The highest BCUT2D eigenvalue weighted by molar-refractivity contribution is 5.56. The molecule has 112 valence electrons. The number of benzene rings is 2. The van der Waals surface area contributed by atoms with E-state index >= 15 is 0 Å². The van der Waals surface area contributed by atoms with Crippen LogP contribution in [0.25, 0.3) is 0 Å². The van der Waals surface area contributed by atoms with Gasteiger partial charge in [-0.2, -0.15) is 17.6 Å². The molecule has 0 radical (unpaired) electrons. The van der Waals surface area contributed by atoms with E-state index < -0.39 is 29.1 Å². The van der Waals surface area contributed by atoms with E-state index in [1.165, 1.54) is 18.2 Å². The highest BCUT2D eigenvalue weighted by Gasteiger charge is 2.32. The van der Waals surface area contributed by atoms with Crippen molar-refractivity contribution in [3.63, 3.8) is 0 Å². The van der Waals surface area contributed by atoms with Crippen molar-refractivity contribution in [2.75, 3.05) is 5.32 Å². The molecule has 0 bridgehead atoms. The monoisotopic (exact) mass is 303 g/mol. The van der Waals surface area contributed by atoms with E-state index in [9.17, 15) is 27.1 Å². The third kappa shape index (κ3) is 3.24. The molecule has 0 saturated carbocycles. The fourth-order valence-corrected chi connectivity index (χ4v) is 1.82. The van der Waals surface area contributed by atoms with Crippen LogP contribution in [0.1, 0.15) is 11.1 Å². The maximum atomic E-state index is 13.1. The van der Waals surface area contributed by atoms with Crippen LogP contribution in [0.3, 0.4) is 0 Å². The molecule has 0 aliphatic rings. The number of halogens is 5. The predicted octanol–water partition coefficient (Wildman–Crippen LogP) is 4.30. The van der Waals surface area contributed by atoms with Crippen molar-refractivity contribution in [1.29, 1.82) is 0 Å². The van der Waals surface area contributed by atoms with E-state index in [0.717, 1.165) is 18.2 Å². The van der Waals surface area contributed by atoms with Crippen molar-refractivity contribution in [2.24, 2.45) is 0 Å². The van der Waals surface area contributed by atoms with Gasteiger partial charge in [0.25, 0.3) is 0 Å². The molecule has 7 heteroatoms. The second kappa shape index (κ2) is 5.59. The molecule has 2 aromatic rings. The SMILES string of the molecule is Oc1c(NCc2ccccc2C(F)(F)F)ccc(F)c1F. The molecule has 2 nitrogen and oxygen atoms in total. The smallest absolute Gasteiger partial charge is 0.416 e. The molecule has 2 N–H and O–H groups in total. The van der Waals surface area contributed by atoms with Gasteiger partial charge < -0.3 is 10.4 Å². The molecule has 0 aliphatic carbocycles. The Morgan fingerprint density at radius 2 is 1.67 bits per heavy atom.